The molecule has 0 fully saturated rings. The van der Waals surface area contributed by atoms with Gasteiger partial charge in [-0.1, -0.05) is 12.1 Å². The molecule has 0 saturated heterocycles. The van der Waals surface area contributed by atoms with Gasteiger partial charge in [-0.25, -0.2) is 4.98 Å². The van der Waals surface area contributed by atoms with Gasteiger partial charge in [0.05, 0.1) is 30.3 Å². The van der Waals surface area contributed by atoms with Crippen LogP contribution in [0.3, 0.4) is 0 Å². The van der Waals surface area contributed by atoms with Crippen LogP contribution < -0.4 is 15.5 Å². The molecule has 0 bridgehead atoms. The molecule has 2 heterocycles. The summed E-state index contributed by atoms with van der Waals surface area (Å²) in [5, 5.41) is 24.4. The van der Waals surface area contributed by atoms with Crippen LogP contribution in [0.5, 0.6) is 0 Å². The third kappa shape index (κ3) is 3.01. The molecule has 1 aliphatic rings. The zero-order chi connectivity index (χ0) is 17.1. The summed E-state index contributed by atoms with van der Waals surface area (Å²) >= 11 is 0. The van der Waals surface area contributed by atoms with Gasteiger partial charge in [0.1, 0.15) is 11.4 Å². The summed E-state index contributed by atoms with van der Waals surface area (Å²) in [5.74, 6) is 0.484. The van der Waals surface area contributed by atoms with Gasteiger partial charge in [0.2, 0.25) is 5.95 Å². The first-order chi connectivity index (χ1) is 11.6. The Morgan fingerprint density at radius 3 is 2.29 bits per heavy atom. The Bertz CT molecular complexity index is 759. The van der Waals surface area contributed by atoms with E-state index in [4.69, 9.17) is 0 Å². The van der Waals surface area contributed by atoms with Crippen LogP contribution in [0.2, 0.25) is 0 Å². The first kappa shape index (κ1) is 16.2. The minimum atomic E-state index is -0.276. The number of hydrogen-bond donors (Lipinski definition) is 4. The Kier molecular flexibility index (Phi) is 4.59. The highest BCUT2D eigenvalue weighted by Gasteiger charge is 2.24. The number of carbonyl (C=O) groups excluding carboxylic acids is 1. The van der Waals surface area contributed by atoms with Crippen LogP contribution in [-0.4, -0.2) is 52.4 Å². The highest BCUT2D eigenvalue weighted by molar-refractivity contribution is 6.12. The highest BCUT2D eigenvalue weighted by atomic mass is 16.3. The number of fused-ring (bicyclic) bond motifs is 2. The summed E-state index contributed by atoms with van der Waals surface area (Å²) in [6.45, 7) is 2.15. The monoisotopic (exact) mass is 329 g/mol. The fraction of sp³-hybridized carbons (Fsp3) is 0.312. The SMILES string of the molecule is Cc1nc(N(CCO)CCO)nc2c1C(=O)Nc1ccccc1N2. The number of aliphatic hydroxyl groups is 2. The third-order valence-corrected chi connectivity index (χ3v) is 3.76. The van der Waals surface area contributed by atoms with Gasteiger partial charge >= 0.3 is 0 Å². The summed E-state index contributed by atoms with van der Waals surface area (Å²) in [6.07, 6.45) is 0. The molecule has 126 valence electrons. The molecule has 0 saturated carbocycles. The summed E-state index contributed by atoms with van der Waals surface area (Å²) < 4.78 is 0. The summed E-state index contributed by atoms with van der Waals surface area (Å²) in [6, 6.07) is 7.35. The van der Waals surface area contributed by atoms with E-state index >= 15 is 0 Å². The number of nitrogens with one attached hydrogen (secondary N) is 2. The number of carbonyl (C=O) groups is 1. The van der Waals surface area contributed by atoms with Crippen LogP contribution in [-0.2, 0) is 0 Å². The topological polar surface area (TPSA) is 111 Å². The van der Waals surface area contributed by atoms with E-state index in [-0.39, 0.29) is 19.1 Å². The lowest BCUT2D eigenvalue weighted by Gasteiger charge is -2.22. The molecule has 4 N–H and O–H groups in total. The van der Waals surface area contributed by atoms with Crippen molar-refractivity contribution < 1.29 is 15.0 Å². The van der Waals surface area contributed by atoms with Crippen LogP contribution in [0.1, 0.15) is 16.1 Å². The second-order valence-electron chi connectivity index (χ2n) is 5.39. The van der Waals surface area contributed by atoms with Crippen LogP contribution in [0.15, 0.2) is 24.3 Å². The Morgan fingerprint density at radius 2 is 1.67 bits per heavy atom. The molecule has 24 heavy (non-hydrogen) atoms. The first-order valence-electron chi connectivity index (χ1n) is 7.66. The molecular formula is C16H19N5O3. The Balaban J connectivity index is 2.07. The Morgan fingerprint density at radius 1 is 1.04 bits per heavy atom. The maximum atomic E-state index is 12.5. The molecule has 2 aromatic rings. The van der Waals surface area contributed by atoms with Gasteiger partial charge in [0, 0.05) is 13.1 Å². The average Bonchev–Trinajstić information content (AvgIpc) is 2.70. The molecule has 8 heteroatoms. The number of anilines is 4. The number of para-hydroxylation sites is 2. The van der Waals surface area contributed by atoms with Gasteiger partial charge in [0.25, 0.3) is 5.91 Å². The zero-order valence-corrected chi connectivity index (χ0v) is 13.3. The van der Waals surface area contributed by atoms with Crippen molar-refractivity contribution in [1.82, 2.24) is 9.97 Å². The molecule has 0 aliphatic carbocycles. The van der Waals surface area contributed by atoms with E-state index < -0.39 is 0 Å². The lowest BCUT2D eigenvalue weighted by molar-refractivity contribution is 0.102. The van der Waals surface area contributed by atoms with Crippen LogP contribution >= 0.6 is 0 Å². The minimum Gasteiger partial charge on any atom is -0.395 e. The number of aryl methyl sites for hydroxylation is 1. The van der Waals surface area contributed by atoms with Crippen LogP contribution in [0, 0.1) is 6.92 Å². The summed E-state index contributed by atoms with van der Waals surface area (Å²) in [7, 11) is 0. The number of aliphatic hydroxyl groups excluding tert-OH is 2. The fourth-order valence-corrected chi connectivity index (χ4v) is 2.63. The van der Waals surface area contributed by atoms with Crippen molar-refractivity contribution in [2.75, 3.05) is 41.8 Å². The number of hydrogen-bond acceptors (Lipinski definition) is 7. The molecule has 0 spiro atoms. The second kappa shape index (κ2) is 6.81. The number of rotatable bonds is 5. The number of nitrogens with zero attached hydrogens (tertiary/aromatic N) is 3. The van der Waals surface area contributed by atoms with Crippen molar-refractivity contribution in [1.29, 1.82) is 0 Å². The Labute approximate surface area is 139 Å². The van der Waals surface area contributed by atoms with Gasteiger partial charge in [-0.3, -0.25) is 4.79 Å². The standard InChI is InChI=1S/C16H19N5O3/c1-10-13-14(20-16(17-10)21(6-8-22)7-9-23)18-11-4-2-3-5-12(11)19-15(13)24/h2-5,22-23H,6-9H2,1H3,(H,19,24)(H,17,18,20). The van der Waals surface area contributed by atoms with E-state index in [1.165, 1.54) is 0 Å². The fourth-order valence-electron chi connectivity index (χ4n) is 2.63. The van der Waals surface area contributed by atoms with Crippen molar-refractivity contribution in [2.24, 2.45) is 0 Å². The van der Waals surface area contributed by atoms with Gasteiger partial charge < -0.3 is 25.7 Å². The highest BCUT2D eigenvalue weighted by Crippen LogP contribution is 2.32. The number of benzene rings is 1. The van der Waals surface area contributed by atoms with Gasteiger partial charge in [-0.15, -0.1) is 0 Å². The van der Waals surface area contributed by atoms with Crippen LogP contribution in [0.25, 0.3) is 0 Å². The number of aromatic nitrogens is 2. The minimum absolute atomic E-state index is 0.0871. The molecule has 1 aromatic carbocycles. The van der Waals surface area contributed by atoms with Crippen molar-refractivity contribution in [3.8, 4) is 0 Å². The molecule has 3 rings (SSSR count). The molecule has 1 aromatic heterocycles. The molecule has 0 atom stereocenters. The lowest BCUT2D eigenvalue weighted by Crippen LogP contribution is -2.32. The van der Waals surface area contributed by atoms with Gasteiger partial charge in [-0.05, 0) is 19.1 Å². The lowest BCUT2D eigenvalue weighted by atomic mass is 10.2. The predicted molar refractivity (Wildman–Crippen MR) is 90.8 cm³/mol. The molecule has 0 radical (unpaired) electrons. The normalized spacial score (nSPS) is 12.5. The molecule has 8 nitrogen and oxygen atoms in total. The van der Waals surface area contributed by atoms with E-state index in [0.29, 0.717) is 41.8 Å². The van der Waals surface area contributed by atoms with E-state index in [9.17, 15) is 15.0 Å². The van der Waals surface area contributed by atoms with Crippen molar-refractivity contribution in [3.63, 3.8) is 0 Å². The van der Waals surface area contributed by atoms with Crippen molar-refractivity contribution in [3.05, 3.63) is 35.5 Å². The van der Waals surface area contributed by atoms with Crippen molar-refractivity contribution in [2.45, 2.75) is 6.92 Å². The Hall–Kier alpha value is -2.71. The molecule has 1 aliphatic heterocycles. The zero-order valence-electron chi connectivity index (χ0n) is 13.3. The average molecular weight is 329 g/mol. The van der Waals surface area contributed by atoms with E-state index in [1.54, 1.807) is 17.9 Å². The first-order valence-corrected chi connectivity index (χ1v) is 7.66. The number of amides is 1. The molecule has 0 unspecified atom stereocenters. The third-order valence-electron chi connectivity index (χ3n) is 3.76. The van der Waals surface area contributed by atoms with Crippen LogP contribution in [0.4, 0.5) is 23.1 Å². The maximum absolute atomic E-state index is 12.5. The summed E-state index contributed by atoms with van der Waals surface area (Å²) in [4.78, 5) is 23.0. The maximum Gasteiger partial charge on any atom is 0.261 e. The smallest absolute Gasteiger partial charge is 0.261 e. The van der Waals surface area contributed by atoms with E-state index in [2.05, 4.69) is 20.6 Å². The molecular weight excluding hydrogens is 310 g/mol. The van der Waals surface area contributed by atoms with Gasteiger partial charge in [-0.2, -0.15) is 4.98 Å². The molecule has 1 amide bonds. The quantitative estimate of drug-likeness (QED) is 0.644. The predicted octanol–water partition coefficient (Wildman–Crippen LogP) is 0.885. The van der Waals surface area contributed by atoms with Gasteiger partial charge in [0.15, 0.2) is 0 Å². The summed E-state index contributed by atoms with van der Waals surface area (Å²) in [5.41, 5.74) is 2.31. The van der Waals surface area contributed by atoms with E-state index in [1.807, 2.05) is 18.2 Å². The largest absolute Gasteiger partial charge is 0.395 e. The second-order valence-corrected chi connectivity index (χ2v) is 5.39. The van der Waals surface area contributed by atoms with Crippen molar-refractivity contribution >= 4 is 29.0 Å². The van der Waals surface area contributed by atoms with E-state index in [0.717, 1.165) is 5.69 Å².